The highest BCUT2D eigenvalue weighted by atomic mass is 35.5. The number of alkyl halides is 2. The van der Waals surface area contributed by atoms with Crippen molar-refractivity contribution in [3.63, 3.8) is 0 Å². The Balaban J connectivity index is 0.978. The number of carbonyl (C=O) groups is 7. The van der Waals surface area contributed by atoms with Gasteiger partial charge in [0.05, 0.1) is 45.0 Å². The van der Waals surface area contributed by atoms with E-state index >= 15 is 4.79 Å². The molecule has 10 rings (SSSR count). The first-order valence-electron chi connectivity index (χ1n) is 31.0. The lowest BCUT2D eigenvalue weighted by Crippen LogP contribution is -2.70. The van der Waals surface area contributed by atoms with Gasteiger partial charge in [-0.2, -0.15) is 0 Å². The highest BCUT2D eigenvalue weighted by Gasteiger charge is 2.64. The maximum atomic E-state index is 15.2. The van der Waals surface area contributed by atoms with Crippen molar-refractivity contribution in [1.29, 1.82) is 0 Å². The van der Waals surface area contributed by atoms with Crippen LogP contribution in [-0.4, -0.2) is 161 Å². The van der Waals surface area contributed by atoms with Crippen LogP contribution in [-0.2, 0) is 101 Å². The Labute approximate surface area is 558 Å². The molecule has 6 aromatic rings. The predicted octanol–water partition coefficient (Wildman–Crippen LogP) is 9.64. The Morgan fingerprint density at radius 1 is 0.642 bits per heavy atom. The van der Waals surface area contributed by atoms with Crippen molar-refractivity contribution in [2.75, 3.05) is 51.8 Å². The van der Waals surface area contributed by atoms with Gasteiger partial charge in [0, 0.05) is 19.1 Å². The second-order valence-corrected chi connectivity index (χ2v) is 23.1. The van der Waals surface area contributed by atoms with E-state index in [1.165, 1.54) is 12.1 Å². The fourth-order valence-electron chi connectivity index (χ4n) is 11.7. The van der Waals surface area contributed by atoms with Gasteiger partial charge in [-0.25, -0.2) is 24.0 Å². The molecule has 3 heterocycles. The average molecular weight is 1350 g/mol. The number of benzene rings is 6. The number of hydrogen-bond donors (Lipinski definition) is 2. The highest BCUT2D eigenvalue weighted by Crippen LogP contribution is 2.46. The largest absolute Gasteiger partial charge is 0.508 e. The third-order valence-corrected chi connectivity index (χ3v) is 16.6. The van der Waals surface area contributed by atoms with Gasteiger partial charge in [-0.3, -0.25) is 9.59 Å². The molecule has 502 valence electrons. The molecule has 3 fully saturated rings. The molecule has 0 aromatic heterocycles. The Bertz CT molecular complexity index is 3480. The number of unbranched alkanes of at least 4 members (excludes halogenated alkanes) is 2. The van der Waals surface area contributed by atoms with Gasteiger partial charge in [0.2, 0.25) is 0 Å². The van der Waals surface area contributed by atoms with Gasteiger partial charge in [0.15, 0.2) is 24.6 Å². The number of alkyl carbamates (subject to hydrolysis) is 2. The summed E-state index contributed by atoms with van der Waals surface area (Å²) in [6.07, 6.45) is -16.8. The Morgan fingerprint density at radius 2 is 1.24 bits per heavy atom. The van der Waals surface area contributed by atoms with Gasteiger partial charge in [0.25, 0.3) is 5.79 Å². The van der Waals surface area contributed by atoms with Gasteiger partial charge in [-0.15, -0.1) is 23.2 Å². The van der Waals surface area contributed by atoms with Crippen LogP contribution in [0.3, 0.4) is 0 Å². The lowest BCUT2D eigenvalue weighted by atomic mass is 9.88. The summed E-state index contributed by atoms with van der Waals surface area (Å²) in [7, 11) is 1.03. The number of nitrogens with one attached hydrogen (secondary N) is 2. The summed E-state index contributed by atoms with van der Waals surface area (Å²) in [5, 5.41) is 5.40. The second-order valence-electron chi connectivity index (χ2n) is 22.5. The fraction of sp³-hybridized carbons (Fsp3) is 0.386. The van der Waals surface area contributed by atoms with Crippen LogP contribution in [0.4, 0.5) is 14.4 Å². The monoisotopic (exact) mass is 1350 g/mol. The van der Waals surface area contributed by atoms with Crippen molar-refractivity contribution in [3.05, 3.63) is 203 Å². The van der Waals surface area contributed by atoms with Gasteiger partial charge in [-0.1, -0.05) is 158 Å². The standard InChI is InChI=1S/C70H72Cl2N2O21/c1-82-66(78)70(35-53-58(74-68(80)91-53)61(94-70)60(92-57(76)37-72)55(89-56(75)36-71)43-88-69(81)87-41-52-50-31-17-15-29-48(50)49-30-16-18-32-51(49)52)95-62-59(85-39-45-23-9-3-10-24-45)54(42-83-38-44-21-7-2-8-22-44)90-65(63(62)93-64(77)47-27-13-5-14-28-47)84-34-20-6-19-33-73-67(79)86-40-46-25-11-4-12-26-46/h2-5,7-18,21-32,52-55,58-63,65H,6,19-20,33-43H2,1H3,(H,73,79)(H,74,80)/t53-,54+,55+,58+,59-,60+,61+,62-,63+,65+,70-/m0/s1. The van der Waals surface area contributed by atoms with Crippen LogP contribution in [0.25, 0.3) is 11.1 Å². The zero-order chi connectivity index (χ0) is 66.5. The van der Waals surface area contributed by atoms with Gasteiger partial charge < -0.3 is 76.9 Å². The van der Waals surface area contributed by atoms with E-state index in [0.717, 1.165) is 40.5 Å². The molecule has 23 nitrogen and oxygen atoms in total. The molecule has 0 radical (unpaired) electrons. The zero-order valence-corrected chi connectivity index (χ0v) is 53.3. The van der Waals surface area contributed by atoms with Gasteiger partial charge in [-0.05, 0) is 70.3 Å². The quantitative estimate of drug-likeness (QED) is 0.0177. The third-order valence-electron chi connectivity index (χ3n) is 16.2. The Hall–Kier alpha value is -8.65. The van der Waals surface area contributed by atoms with E-state index in [2.05, 4.69) is 10.6 Å². The number of carbonyl (C=O) groups excluding carboxylic acids is 7. The van der Waals surface area contributed by atoms with Crippen LogP contribution in [0, 0.1) is 0 Å². The number of methoxy groups -OCH3 is 1. The second kappa shape index (κ2) is 34.1. The van der Waals surface area contributed by atoms with E-state index in [1.54, 1.807) is 30.3 Å². The van der Waals surface area contributed by atoms with Crippen molar-refractivity contribution >= 4 is 65.4 Å². The lowest BCUT2D eigenvalue weighted by molar-refractivity contribution is -0.372. The predicted molar refractivity (Wildman–Crippen MR) is 338 cm³/mol. The minimum absolute atomic E-state index is 0.0252. The van der Waals surface area contributed by atoms with E-state index in [4.69, 9.17) is 89.5 Å². The maximum absolute atomic E-state index is 15.2. The smallest absolute Gasteiger partial charge is 0.465 e. The molecule has 95 heavy (non-hydrogen) atoms. The van der Waals surface area contributed by atoms with Crippen LogP contribution in [0.2, 0.25) is 0 Å². The molecule has 3 aliphatic heterocycles. The zero-order valence-electron chi connectivity index (χ0n) is 51.7. The SMILES string of the molecule is COC(=O)[C@@]1(O[C@H]2[C@@H](OCc3ccccc3)[C@@H](COCc3ccccc3)O[C@@H](OCCCCCNC(=O)OCc3ccccc3)[C@@H]2OC(=O)c2ccccc2)C[C@@H]2OC(=O)N[C@H]2[C@H]([C@H](OC(=O)CCl)[C@@H](COC(=O)OCC2c3ccccc3-c3ccccc32)OC(=O)CCl)O1. The van der Waals surface area contributed by atoms with Gasteiger partial charge >= 0.3 is 42.2 Å². The number of halogens is 2. The first kappa shape index (κ1) is 69.2. The number of esters is 4. The summed E-state index contributed by atoms with van der Waals surface area (Å²) in [4.78, 5) is 96.8. The molecule has 0 spiro atoms. The molecule has 11 atom stereocenters. The number of hydrogen-bond acceptors (Lipinski definition) is 21. The van der Waals surface area contributed by atoms with E-state index < -0.39 is 134 Å². The third kappa shape index (κ3) is 18.2. The molecule has 0 unspecified atom stereocenters. The molecule has 4 aliphatic rings. The first-order valence-corrected chi connectivity index (χ1v) is 32.0. The van der Waals surface area contributed by atoms with E-state index in [1.807, 2.05) is 127 Å². The molecule has 0 bridgehead atoms. The highest BCUT2D eigenvalue weighted by molar-refractivity contribution is 6.26. The minimum Gasteiger partial charge on any atom is -0.465 e. The summed E-state index contributed by atoms with van der Waals surface area (Å²) >= 11 is 12.2. The van der Waals surface area contributed by atoms with Crippen molar-refractivity contribution < 1.29 is 99.9 Å². The van der Waals surface area contributed by atoms with Crippen molar-refractivity contribution in [1.82, 2.24) is 10.6 Å². The number of rotatable bonds is 31. The van der Waals surface area contributed by atoms with Crippen molar-refractivity contribution in [2.45, 2.75) is 118 Å². The van der Waals surface area contributed by atoms with Crippen LogP contribution in [0.15, 0.2) is 170 Å². The minimum atomic E-state index is -2.81. The Morgan fingerprint density at radius 3 is 1.88 bits per heavy atom. The van der Waals surface area contributed by atoms with E-state index in [0.29, 0.717) is 24.8 Å². The van der Waals surface area contributed by atoms with Crippen LogP contribution in [0.5, 0.6) is 0 Å². The number of ether oxygens (including phenoxy) is 14. The van der Waals surface area contributed by atoms with Crippen LogP contribution in [0.1, 0.15) is 69.8 Å². The summed E-state index contributed by atoms with van der Waals surface area (Å²) < 4.78 is 86.9. The van der Waals surface area contributed by atoms with Crippen LogP contribution < -0.4 is 10.6 Å². The Kier molecular flexibility index (Phi) is 24.9. The summed E-state index contributed by atoms with van der Waals surface area (Å²) in [6, 6.07) is 49.6. The molecule has 1 aliphatic carbocycles. The lowest BCUT2D eigenvalue weighted by Gasteiger charge is -2.50. The van der Waals surface area contributed by atoms with Crippen LogP contribution >= 0.6 is 23.2 Å². The maximum Gasteiger partial charge on any atom is 0.508 e. The van der Waals surface area contributed by atoms with E-state index in [9.17, 15) is 28.8 Å². The summed E-state index contributed by atoms with van der Waals surface area (Å²) in [6.45, 7) is -1.01. The molecule has 2 amide bonds. The van der Waals surface area contributed by atoms with E-state index in [-0.39, 0.29) is 57.7 Å². The number of fused-ring (bicyclic) bond motifs is 4. The number of amides is 2. The topological polar surface area (TPSA) is 273 Å². The molecule has 25 heteroatoms. The van der Waals surface area contributed by atoms with Gasteiger partial charge in [0.1, 0.15) is 62.1 Å². The molecular weight excluding hydrogens is 1280 g/mol. The average Bonchev–Trinajstić information content (AvgIpc) is 1.74. The summed E-state index contributed by atoms with van der Waals surface area (Å²) in [5.74, 6) is -9.12. The molecule has 6 aromatic carbocycles. The molecule has 0 saturated carbocycles. The fourth-order valence-corrected chi connectivity index (χ4v) is 11.9. The molecular formula is C70H72Cl2N2O21. The molecule has 2 N–H and O–H groups in total. The summed E-state index contributed by atoms with van der Waals surface area (Å²) in [5.41, 5.74) is 6.16. The van der Waals surface area contributed by atoms with Crippen molar-refractivity contribution in [3.8, 4) is 11.1 Å². The molecule has 3 saturated heterocycles. The normalized spacial score (nSPS) is 22.4. The first-order chi connectivity index (χ1) is 46.3. The van der Waals surface area contributed by atoms with Crippen molar-refractivity contribution in [2.24, 2.45) is 0 Å².